The van der Waals surface area contributed by atoms with Crippen LogP contribution in [0.25, 0.3) is 10.9 Å². The first-order valence-electron chi connectivity index (χ1n) is 7.85. The highest BCUT2D eigenvalue weighted by Gasteiger charge is 2.23. The number of ketones is 1. The van der Waals surface area contributed by atoms with Gasteiger partial charge in [0, 0.05) is 11.8 Å². The number of hydrogen-bond donors (Lipinski definition) is 1. The third-order valence-electron chi connectivity index (χ3n) is 3.52. The Morgan fingerprint density at radius 2 is 1.92 bits per heavy atom. The summed E-state index contributed by atoms with van der Waals surface area (Å²) < 4.78 is 0. The standard InChI is InChI=1S/C19H21N3O2/c1-19(2,3)10-18(24)21-12-17(23)14(11-20)16-9-8-13-6-4-5-7-15(13)22-16/h4-9,14H,10,12H2,1-3H3,(H,21,24)/t14-/m1/s1. The van der Waals surface area contributed by atoms with Gasteiger partial charge in [-0.05, 0) is 17.5 Å². The molecule has 1 heterocycles. The number of nitrogens with one attached hydrogen (secondary N) is 1. The highest BCUT2D eigenvalue weighted by atomic mass is 16.2. The average molecular weight is 323 g/mol. The van der Waals surface area contributed by atoms with E-state index in [1.165, 1.54) is 0 Å². The van der Waals surface area contributed by atoms with Gasteiger partial charge in [-0.15, -0.1) is 0 Å². The quantitative estimate of drug-likeness (QED) is 0.917. The average Bonchev–Trinajstić information content (AvgIpc) is 2.52. The van der Waals surface area contributed by atoms with Crippen molar-refractivity contribution in [2.24, 2.45) is 5.41 Å². The van der Waals surface area contributed by atoms with Gasteiger partial charge >= 0.3 is 0 Å². The SMILES string of the molecule is CC(C)(C)CC(=O)NCC(=O)[C@H](C#N)c1ccc2ccccc2n1. The molecule has 0 fully saturated rings. The van der Waals surface area contributed by atoms with Crippen molar-refractivity contribution in [1.82, 2.24) is 10.3 Å². The van der Waals surface area contributed by atoms with E-state index in [0.29, 0.717) is 12.1 Å². The molecule has 0 aliphatic carbocycles. The lowest BCUT2D eigenvalue weighted by molar-refractivity contribution is -0.126. The zero-order chi connectivity index (χ0) is 17.7. The second-order valence-corrected chi connectivity index (χ2v) is 6.97. The number of rotatable bonds is 5. The summed E-state index contributed by atoms with van der Waals surface area (Å²) in [4.78, 5) is 28.5. The summed E-state index contributed by atoms with van der Waals surface area (Å²) in [5, 5.41) is 12.9. The molecule has 1 atom stereocenters. The molecule has 0 saturated carbocycles. The predicted octanol–water partition coefficient (Wildman–Crippen LogP) is 2.96. The van der Waals surface area contributed by atoms with E-state index in [0.717, 1.165) is 10.9 Å². The first-order chi connectivity index (χ1) is 11.3. The highest BCUT2D eigenvalue weighted by Crippen LogP contribution is 2.19. The van der Waals surface area contributed by atoms with Gasteiger partial charge in [-0.2, -0.15) is 5.26 Å². The molecule has 2 rings (SSSR count). The number of para-hydroxylation sites is 1. The van der Waals surface area contributed by atoms with Crippen molar-refractivity contribution in [2.75, 3.05) is 6.54 Å². The molecule has 1 N–H and O–H groups in total. The minimum Gasteiger partial charge on any atom is -0.349 e. The molecule has 0 aliphatic heterocycles. The van der Waals surface area contributed by atoms with Crippen LogP contribution < -0.4 is 5.32 Å². The summed E-state index contributed by atoms with van der Waals surface area (Å²) in [5.41, 5.74) is 0.993. The van der Waals surface area contributed by atoms with Crippen LogP contribution >= 0.6 is 0 Å². The molecule has 1 aromatic heterocycles. The fraction of sp³-hybridized carbons (Fsp3) is 0.368. The molecule has 24 heavy (non-hydrogen) atoms. The molecule has 5 heteroatoms. The van der Waals surface area contributed by atoms with E-state index in [4.69, 9.17) is 0 Å². The first kappa shape index (κ1) is 17.6. The van der Waals surface area contributed by atoms with Gasteiger partial charge in [-0.1, -0.05) is 45.0 Å². The highest BCUT2D eigenvalue weighted by molar-refractivity contribution is 5.93. The fourth-order valence-corrected chi connectivity index (χ4v) is 2.38. The Bertz CT molecular complexity index is 800. The Balaban J connectivity index is 2.08. The van der Waals surface area contributed by atoms with E-state index in [1.807, 2.05) is 57.2 Å². The molecule has 0 saturated heterocycles. The molecule has 0 unspecified atom stereocenters. The summed E-state index contributed by atoms with van der Waals surface area (Å²) in [6.07, 6.45) is 0.325. The van der Waals surface area contributed by atoms with E-state index in [1.54, 1.807) is 6.07 Å². The number of nitrogens with zero attached hydrogens (tertiary/aromatic N) is 2. The lowest BCUT2D eigenvalue weighted by Gasteiger charge is -2.17. The number of carbonyl (C=O) groups is 2. The van der Waals surface area contributed by atoms with Crippen LogP contribution in [0.5, 0.6) is 0 Å². The first-order valence-corrected chi connectivity index (χ1v) is 7.85. The minimum atomic E-state index is -0.982. The summed E-state index contributed by atoms with van der Waals surface area (Å²) in [5.74, 6) is -1.54. The van der Waals surface area contributed by atoms with Crippen LogP contribution in [0.3, 0.4) is 0 Å². The van der Waals surface area contributed by atoms with Crippen LogP contribution in [-0.2, 0) is 9.59 Å². The van der Waals surface area contributed by atoms with Crippen LogP contribution in [-0.4, -0.2) is 23.2 Å². The van der Waals surface area contributed by atoms with Gasteiger partial charge in [0.1, 0.15) is 5.92 Å². The number of amides is 1. The molecule has 1 aromatic carbocycles. The van der Waals surface area contributed by atoms with Crippen LogP contribution in [0.1, 0.15) is 38.8 Å². The molecule has 0 aliphatic rings. The van der Waals surface area contributed by atoms with Crippen molar-refractivity contribution < 1.29 is 9.59 Å². The zero-order valence-corrected chi connectivity index (χ0v) is 14.2. The molecule has 5 nitrogen and oxygen atoms in total. The maximum Gasteiger partial charge on any atom is 0.220 e. The monoisotopic (exact) mass is 323 g/mol. The van der Waals surface area contributed by atoms with Crippen LogP contribution in [0.4, 0.5) is 0 Å². The van der Waals surface area contributed by atoms with E-state index < -0.39 is 5.92 Å². The van der Waals surface area contributed by atoms with Crippen molar-refractivity contribution in [3.05, 3.63) is 42.1 Å². The largest absolute Gasteiger partial charge is 0.349 e. The van der Waals surface area contributed by atoms with Crippen molar-refractivity contribution >= 4 is 22.6 Å². The van der Waals surface area contributed by atoms with Gasteiger partial charge in [0.2, 0.25) is 5.91 Å². The third kappa shape index (κ3) is 4.63. The van der Waals surface area contributed by atoms with Crippen molar-refractivity contribution in [2.45, 2.75) is 33.1 Å². The zero-order valence-electron chi connectivity index (χ0n) is 14.2. The fourth-order valence-electron chi connectivity index (χ4n) is 2.38. The molecule has 2 aromatic rings. The number of benzene rings is 1. The summed E-state index contributed by atoms with van der Waals surface area (Å²) in [7, 11) is 0. The molecule has 124 valence electrons. The Morgan fingerprint density at radius 3 is 2.58 bits per heavy atom. The lowest BCUT2D eigenvalue weighted by atomic mass is 9.92. The van der Waals surface area contributed by atoms with Gasteiger partial charge < -0.3 is 5.32 Å². The topological polar surface area (TPSA) is 82.9 Å². The maximum atomic E-state index is 12.3. The number of nitriles is 1. The normalized spacial score (nSPS) is 12.4. The van der Waals surface area contributed by atoms with Crippen molar-refractivity contribution in [3.63, 3.8) is 0 Å². The summed E-state index contributed by atoms with van der Waals surface area (Å²) >= 11 is 0. The molecule has 0 spiro atoms. The molecule has 1 amide bonds. The van der Waals surface area contributed by atoms with E-state index in [9.17, 15) is 14.9 Å². The summed E-state index contributed by atoms with van der Waals surface area (Å²) in [6, 6.07) is 13.0. The molecule has 0 bridgehead atoms. The van der Waals surface area contributed by atoms with Gasteiger partial charge in [0.25, 0.3) is 0 Å². The lowest BCUT2D eigenvalue weighted by Crippen LogP contribution is -2.34. The second kappa shape index (κ2) is 7.22. The minimum absolute atomic E-state index is 0.151. The molecular formula is C19H21N3O2. The summed E-state index contributed by atoms with van der Waals surface area (Å²) in [6.45, 7) is 5.68. The second-order valence-electron chi connectivity index (χ2n) is 6.97. The number of aromatic nitrogens is 1. The van der Waals surface area contributed by atoms with Gasteiger partial charge in [-0.25, -0.2) is 0 Å². The van der Waals surface area contributed by atoms with Crippen LogP contribution in [0.2, 0.25) is 0 Å². The van der Waals surface area contributed by atoms with Gasteiger partial charge in [0.05, 0.1) is 23.8 Å². The molecular weight excluding hydrogens is 302 g/mol. The predicted molar refractivity (Wildman–Crippen MR) is 92.2 cm³/mol. The Morgan fingerprint density at radius 1 is 1.21 bits per heavy atom. The molecule has 0 radical (unpaired) electrons. The van der Waals surface area contributed by atoms with Crippen LogP contribution in [0, 0.1) is 16.7 Å². The number of pyridine rings is 1. The third-order valence-corrected chi connectivity index (χ3v) is 3.52. The van der Waals surface area contributed by atoms with E-state index in [2.05, 4.69) is 10.3 Å². The van der Waals surface area contributed by atoms with E-state index in [-0.39, 0.29) is 23.7 Å². The van der Waals surface area contributed by atoms with Gasteiger partial charge in [-0.3, -0.25) is 14.6 Å². The van der Waals surface area contributed by atoms with Crippen molar-refractivity contribution in [3.8, 4) is 6.07 Å². The van der Waals surface area contributed by atoms with Crippen LogP contribution in [0.15, 0.2) is 36.4 Å². The van der Waals surface area contributed by atoms with Gasteiger partial charge in [0.15, 0.2) is 5.78 Å². The van der Waals surface area contributed by atoms with E-state index >= 15 is 0 Å². The number of fused-ring (bicyclic) bond motifs is 1. The smallest absolute Gasteiger partial charge is 0.220 e. The number of carbonyl (C=O) groups excluding carboxylic acids is 2. The number of hydrogen-bond acceptors (Lipinski definition) is 4. The Labute approximate surface area is 141 Å². The maximum absolute atomic E-state index is 12.3. The Hall–Kier alpha value is -2.74. The Kier molecular flexibility index (Phi) is 5.30. The number of Topliss-reactive ketones (excluding diaryl/α,β-unsaturated/α-hetero) is 1. The van der Waals surface area contributed by atoms with Crippen molar-refractivity contribution in [1.29, 1.82) is 5.26 Å².